The highest BCUT2D eigenvalue weighted by molar-refractivity contribution is 9.09. The van der Waals surface area contributed by atoms with Crippen molar-refractivity contribution in [3.63, 3.8) is 0 Å². The zero-order valence-electron chi connectivity index (χ0n) is 7.25. The van der Waals surface area contributed by atoms with E-state index in [9.17, 15) is 4.39 Å². The molecule has 0 saturated heterocycles. The Hall–Kier alpha value is -0.410. The van der Waals surface area contributed by atoms with Gasteiger partial charge in [0.1, 0.15) is 6.67 Å². The molecule has 0 amide bonds. The molecule has 1 rings (SSSR count). The van der Waals surface area contributed by atoms with E-state index in [2.05, 4.69) is 15.9 Å². The van der Waals surface area contributed by atoms with Gasteiger partial charge in [-0.25, -0.2) is 4.39 Å². The van der Waals surface area contributed by atoms with Crippen molar-refractivity contribution in [2.24, 2.45) is 0 Å². The molecule has 0 aliphatic rings. The smallest absolute Gasteiger partial charge is 0.104 e. The zero-order chi connectivity index (χ0) is 9.52. The highest BCUT2D eigenvalue weighted by Gasteiger charge is 2.02. The summed E-state index contributed by atoms with van der Waals surface area (Å²) < 4.78 is 17.3. The van der Waals surface area contributed by atoms with Crippen molar-refractivity contribution in [1.82, 2.24) is 0 Å². The van der Waals surface area contributed by atoms with Crippen LogP contribution in [-0.4, -0.2) is 18.1 Å². The minimum absolute atomic E-state index is 0.184. The van der Waals surface area contributed by atoms with Crippen molar-refractivity contribution in [2.75, 3.05) is 13.3 Å². The van der Waals surface area contributed by atoms with Crippen LogP contribution in [0.15, 0.2) is 30.3 Å². The van der Waals surface area contributed by atoms with Gasteiger partial charge in [0, 0.05) is 0 Å². The summed E-state index contributed by atoms with van der Waals surface area (Å²) >= 11 is 3.15. The molecule has 1 aromatic rings. The van der Waals surface area contributed by atoms with Crippen molar-refractivity contribution < 1.29 is 9.13 Å². The standard InChI is InChI=1S/C10H12BrFO/c11-10(6-12)8-13-7-9-4-2-1-3-5-9/h1-5,10H,6-8H2. The summed E-state index contributed by atoms with van der Waals surface area (Å²) in [7, 11) is 0. The molecule has 1 aromatic carbocycles. The minimum atomic E-state index is -0.394. The number of benzene rings is 1. The van der Waals surface area contributed by atoms with E-state index in [4.69, 9.17) is 4.74 Å². The Morgan fingerprint density at radius 1 is 1.31 bits per heavy atom. The van der Waals surface area contributed by atoms with Gasteiger partial charge in [-0.15, -0.1) is 0 Å². The number of hydrogen-bond donors (Lipinski definition) is 0. The molecule has 72 valence electrons. The molecule has 0 N–H and O–H groups in total. The van der Waals surface area contributed by atoms with Crippen LogP contribution in [0.4, 0.5) is 4.39 Å². The molecule has 1 nitrogen and oxygen atoms in total. The van der Waals surface area contributed by atoms with Gasteiger partial charge in [0.05, 0.1) is 18.0 Å². The van der Waals surface area contributed by atoms with Gasteiger partial charge in [-0.05, 0) is 5.56 Å². The lowest BCUT2D eigenvalue weighted by molar-refractivity contribution is 0.118. The molecule has 0 saturated carbocycles. The van der Waals surface area contributed by atoms with E-state index in [0.29, 0.717) is 13.2 Å². The molecule has 1 atom stereocenters. The Morgan fingerprint density at radius 2 is 2.00 bits per heavy atom. The van der Waals surface area contributed by atoms with Gasteiger partial charge in [-0.2, -0.15) is 0 Å². The zero-order valence-corrected chi connectivity index (χ0v) is 8.84. The number of rotatable bonds is 5. The van der Waals surface area contributed by atoms with Crippen molar-refractivity contribution in [3.05, 3.63) is 35.9 Å². The Labute approximate surface area is 86.0 Å². The summed E-state index contributed by atoms with van der Waals surface area (Å²) in [6, 6.07) is 9.84. The average Bonchev–Trinajstić information content (AvgIpc) is 2.19. The summed E-state index contributed by atoms with van der Waals surface area (Å²) in [5.41, 5.74) is 1.11. The lowest BCUT2D eigenvalue weighted by Crippen LogP contribution is -2.10. The van der Waals surface area contributed by atoms with Crippen LogP contribution in [0, 0.1) is 0 Å². The normalized spacial score (nSPS) is 12.8. The maximum atomic E-state index is 12.0. The van der Waals surface area contributed by atoms with E-state index in [1.165, 1.54) is 0 Å². The van der Waals surface area contributed by atoms with E-state index in [-0.39, 0.29) is 4.83 Å². The fourth-order valence-corrected chi connectivity index (χ4v) is 1.11. The van der Waals surface area contributed by atoms with Crippen LogP contribution in [0.3, 0.4) is 0 Å². The first-order valence-corrected chi connectivity index (χ1v) is 5.06. The average molecular weight is 247 g/mol. The van der Waals surface area contributed by atoms with Crippen molar-refractivity contribution in [3.8, 4) is 0 Å². The SMILES string of the molecule is FCC(Br)COCc1ccccc1. The van der Waals surface area contributed by atoms with Crippen LogP contribution in [-0.2, 0) is 11.3 Å². The molecule has 3 heteroatoms. The van der Waals surface area contributed by atoms with E-state index in [0.717, 1.165) is 5.56 Å². The van der Waals surface area contributed by atoms with Crippen molar-refractivity contribution in [2.45, 2.75) is 11.4 Å². The monoisotopic (exact) mass is 246 g/mol. The van der Waals surface area contributed by atoms with Gasteiger partial charge < -0.3 is 4.74 Å². The third-order valence-electron chi connectivity index (χ3n) is 1.58. The van der Waals surface area contributed by atoms with Crippen LogP contribution in [0.1, 0.15) is 5.56 Å². The molecule has 0 heterocycles. The molecule has 0 fully saturated rings. The lowest BCUT2D eigenvalue weighted by atomic mass is 10.2. The van der Waals surface area contributed by atoms with Gasteiger partial charge in [-0.1, -0.05) is 46.3 Å². The second kappa shape index (κ2) is 6.11. The van der Waals surface area contributed by atoms with Crippen LogP contribution < -0.4 is 0 Å². The number of ether oxygens (including phenoxy) is 1. The van der Waals surface area contributed by atoms with Gasteiger partial charge in [0.2, 0.25) is 0 Å². The number of alkyl halides is 2. The van der Waals surface area contributed by atoms with Crippen molar-refractivity contribution >= 4 is 15.9 Å². The number of hydrogen-bond acceptors (Lipinski definition) is 1. The topological polar surface area (TPSA) is 9.23 Å². The molecule has 0 spiro atoms. The van der Waals surface area contributed by atoms with E-state index >= 15 is 0 Å². The Kier molecular flexibility index (Phi) is 5.01. The maximum absolute atomic E-state index is 12.0. The summed E-state index contributed by atoms with van der Waals surface area (Å²) in [5.74, 6) is 0. The summed E-state index contributed by atoms with van der Waals surface area (Å²) in [5, 5.41) is 0. The van der Waals surface area contributed by atoms with Gasteiger partial charge in [-0.3, -0.25) is 0 Å². The molecule has 13 heavy (non-hydrogen) atoms. The highest BCUT2D eigenvalue weighted by atomic mass is 79.9. The van der Waals surface area contributed by atoms with Crippen molar-refractivity contribution in [1.29, 1.82) is 0 Å². The van der Waals surface area contributed by atoms with E-state index < -0.39 is 6.67 Å². The van der Waals surface area contributed by atoms with Gasteiger partial charge >= 0.3 is 0 Å². The third-order valence-corrected chi connectivity index (χ3v) is 2.09. The molecular formula is C10H12BrFO. The third kappa shape index (κ3) is 4.39. The molecule has 0 aliphatic heterocycles. The fraction of sp³-hybridized carbons (Fsp3) is 0.400. The second-order valence-electron chi connectivity index (χ2n) is 2.75. The van der Waals surface area contributed by atoms with Crippen LogP contribution in [0.5, 0.6) is 0 Å². The van der Waals surface area contributed by atoms with E-state index in [1.54, 1.807) is 0 Å². The Balaban J connectivity index is 2.20. The summed E-state index contributed by atoms with van der Waals surface area (Å²) in [4.78, 5) is -0.184. The van der Waals surface area contributed by atoms with Crippen LogP contribution >= 0.6 is 15.9 Å². The molecule has 0 bridgehead atoms. The largest absolute Gasteiger partial charge is 0.376 e. The molecular weight excluding hydrogens is 235 g/mol. The predicted octanol–water partition coefficient (Wildman–Crippen LogP) is 2.94. The summed E-state index contributed by atoms with van der Waals surface area (Å²) in [6.45, 7) is 0.559. The lowest BCUT2D eigenvalue weighted by Gasteiger charge is -2.06. The first-order valence-electron chi connectivity index (χ1n) is 4.14. The number of halogens is 2. The Morgan fingerprint density at radius 3 is 2.62 bits per heavy atom. The predicted molar refractivity (Wildman–Crippen MR) is 54.8 cm³/mol. The minimum Gasteiger partial charge on any atom is -0.376 e. The molecule has 0 radical (unpaired) electrons. The highest BCUT2D eigenvalue weighted by Crippen LogP contribution is 2.04. The van der Waals surface area contributed by atoms with Gasteiger partial charge in [0.25, 0.3) is 0 Å². The maximum Gasteiger partial charge on any atom is 0.104 e. The quantitative estimate of drug-likeness (QED) is 0.727. The Bertz CT molecular complexity index is 228. The summed E-state index contributed by atoms with van der Waals surface area (Å²) in [6.07, 6.45) is 0. The van der Waals surface area contributed by atoms with Gasteiger partial charge in [0.15, 0.2) is 0 Å². The first-order chi connectivity index (χ1) is 6.33. The molecule has 0 aromatic heterocycles. The van der Waals surface area contributed by atoms with Crippen LogP contribution in [0.2, 0.25) is 0 Å². The molecule has 0 aliphatic carbocycles. The van der Waals surface area contributed by atoms with E-state index in [1.807, 2.05) is 30.3 Å². The molecule has 1 unspecified atom stereocenters. The fourth-order valence-electron chi connectivity index (χ4n) is 0.923. The van der Waals surface area contributed by atoms with Crippen LogP contribution in [0.25, 0.3) is 0 Å². The first kappa shape index (κ1) is 10.7. The second-order valence-corrected chi connectivity index (χ2v) is 4.05.